The molecule has 246 valence electrons. The first-order valence-corrected chi connectivity index (χ1v) is 16.2. The molecule has 0 unspecified atom stereocenters. The Balaban J connectivity index is 1.09. The zero-order valence-corrected chi connectivity index (χ0v) is 27.6. The first-order valence-electron chi connectivity index (χ1n) is 15.8. The summed E-state index contributed by atoms with van der Waals surface area (Å²) in [7, 11) is 3.85. The number of nitrogen functional groups attached to an aromatic ring is 1. The normalized spacial score (nSPS) is 16.0. The van der Waals surface area contributed by atoms with Crippen LogP contribution in [0.3, 0.4) is 0 Å². The standard InChI is InChI=1S/C33H39ClN10O3/c1-4-27-25(20-44(39-27)29-8-5-22(35)18-36-29)28-19-37-30(41(28)3)31(45)38-23-6-7-24(26(34)17-23)33(47)43-15-13-42(14-16-43)32(46)21-9-11-40(2)12-10-21/h5-8,17-21H,4,9-16,35H2,1-3H3,(H,38,45). The summed E-state index contributed by atoms with van der Waals surface area (Å²) < 4.78 is 3.39. The number of pyridine rings is 1. The topological polar surface area (TPSA) is 148 Å². The van der Waals surface area contributed by atoms with E-state index < -0.39 is 5.91 Å². The average Bonchev–Trinajstić information content (AvgIpc) is 3.68. The van der Waals surface area contributed by atoms with E-state index >= 15 is 0 Å². The fraction of sp³-hybridized carbons (Fsp3) is 0.394. The van der Waals surface area contributed by atoms with Crippen LogP contribution in [0, 0.1) is 5.92 Å². The number of amides is 3. The molecule has 4 aromatic rings. The number of nitrogens with one attached hydrogen (secondary N) is 1. The number of nitrogens with two attached hydrogens (primary N) is 1. The van der Waals surface area contributed by atoms with E-state index in [2.05, 4.69) is 32.3 Å². The smallest absolute Gasteiger partial charge is 0.291 e. The molecular weight excluding hydrogens is 620 g/mol. The second-order valence-electron chi connectivity index (χ2n) is 12.1. The Kier molecular flexibility index (Phi) is 9.28. The average molecular weight is 659 g/mol. The van der Waals surface area contributed by atoms with Crippen molar-refractivity contribution in [1.82, 2.24) is 39.0 Å². The molecule has 0 saturated carbocycles. The minimum atomic E-state index is -0.426. The van der Waals surface area contributed by atoms with Gasteiger partial charge in [-0.15, -0.1) is 0 Å². The maximum atomic E-state index is 13.3. The van der Waals surface area contributed by atoms with E-state index in [9.17, 15) is 14.4 Å². The maximum absolute atomic E-state index is 13.3. The van der Waals surface area contributed by atoms with E-state index in [4.69, 9.17) is 17.3 Å². The Morgan fingerprint density at radius 1 is 0.957 bits per heavy atom. The summed E-state index contributed by atoms with van der Waals surface area (Å²) >= 11 is 6.57. The number of likely N-dealkylation sites (tertiary alicyclic amines) is 1. The van der Waals surface area contributed by atoms with Gasteiger partial charge in [-0.3, -0.25) is 14.4 Å². The second kappa shape index (κ2) is 13.5. The molecule has 3 N–H and O–H groups in total. The van der Waals surface area contributed by atoms with Gasteiger partial charge >= 0.3 is 0 Å². The summed E-state index contributed by atoms with van der Waals surface area (Å²) in [6.45, 7) is 5.78. The predicted molar refractivity (Wildman–Crippen MR) is 179 cm³/mol. The number of imidazole rings is 1. The Bertz CT molecular complexity index is 1780. The molecule has 47 heavy (non-hydrogen) atoms. The van der Waals surface area contributed by atoms with Crippen LogP contribution in [0.4, 0.5) is 11.4 Å². The molecule has 14 heteroatoms. The SMILES string of the molecule is CCc1nn(-c2ccc(N)cn2)cc1-c1cnc(C(=O)Nc2ccc(C(=O)N3CCN(C(=O)C4CCN(C)CC4)CC3)c(Cl)c2)n1C. The molecule has 3 aromatic heterocycles. The number of carbonyl (C=O) groups is 3. The van der Waals surface area contributed by atoms with Gasteiger partial charge in [-0.1, -0.05) is 18.5 Å². The number of benzene rings is 1. The fourth-order valence-corrected chi connectivity index (χ4v) is 6.43. The van der Waals surface area contributed by atoms with Gasteiger partial charge in [0.2, 0.25) is 5.91 Å². The lowest BCUT2D eigenvalue weighted by Gasteiger charge is -2.38. The second-order valence-corrected chi connectivity index (χ2v) is 12.5. The third-order valence-corrected chi connectivity index (χ3v) is 9.31. The lowest BCUT2D eigenvalue weighted by molar-refractivity contribution is -0.138. The van der Waals surface area contributed by atoms with Gasteiger partial charge in [-0.2, -0.15) is 5.10 Å². The highest BCUT2D eigenvalue weighted by molar-refractivity contribution is 6.34. The summed E-state index contributed by atoms with van der Waals surface area (Å²) in [5.74, 6) is 0.455. The Hall–Kier alpha value is -4.75. The molecule has 2 fully saturated rings. The van der Waals surface area contributed by atoms with Crippen LogP contribution in [0.1, 0.15) is 46.4 Å². The van der Waals surface area contributed by atoms with Gasteiger partial charge in [0.05, 0.1) is 40.1 Å². The van der Waals surface area contributed by atoms with E-state index in [0.717, 1.165) is 42.9 Å². The van der Waals surface area contributed by atoms with E-state index in [0.29, 0.717) is 55.4 Å². The van der Waals surface area contributed by atoms with Crippen LogP contribution in [0.2, 0.25) is 5.02 Å². The van der Waals surface area contributed by atoms with Crippen LogP contribution in [-0.4, -0.2) is 103 Å². The number of piperazine rings is 1. The fourth-order valence-electron chi connectivity index (χ4n) is 6.17. The van der Waals surface area contributed by atoms with Gasteiger partial charge in [0, 0.05) is 56.6 Å². The first-order chi connectivity index (χ1) is 22.6. The minimum Gasteiger partial charge on any atom is -0.397 e. The monoisotopic (exact) mass is 658 g/mol. The molecule has 13 nitrogen and oxygen atoms in total. The molecule has 2 aliphatic heterocycles. The van der Waals surface area contributed by atoms with Gasteiger partial charge in [0.15, 0.2) is 11.6 Å². The molecule has 3 amide bonds. The van der Waals surface area contributed by atoms with E-state index in [1.54, 1.807) is 63.9 Å². The molecule has 5 heterocycles. The lowest BCUT2D eigenvalue weighted by atomic mass is 9.95. The van der Waals surface area contributed by atoms with Crippen molar-refractivity contribution in [3.8, 4) is 17.1 Å². The Morgan fingerprint density at radius 3 is 2.34 bits per heavy atom. The minimum absolute atomic E-state index is 0.0636. The number of aryl methyl sites for hydroxylation is 1. The van der Waals surface area contributed by atoms with Crippen molar-refractivity contribution >= 4 is 40.7 Å². The highest BCUT2D eigenvalue weighted by Crippen LogP contribution is 2.27. The third-order valence-electron chi connectivity index (χ3n) is 9.00. The largest absolute Gasteiger partial charge is 0.397 e. The first kappa shape index (κ1) is 32.2. The van der Waals surface area contributed by atoms with Crippen LogP contribution < -0.4 is 11.1 Å². The molecule has 2 aliphatic rings. The number of rotatable bonds is 7. The van der Waals surface area contributed by atoms with Crippen molar-refractivity contribution in [3.63, 3.8) is 0 Å². The molecule has 1 aromatic carbocycles. The number of hydrogen-bond donors (Lipinski definition) is 2. The van der Waals surface area contributed by atoms with Crippen LogP contribution in [0.5, 0.6) is 0 Å². The van der Waals surface area contributed by atoms with Crippen LogP contribution in [-0.2, 0) is 18.3 Å². The van der Waals surface area contributed by atoms with E-state index in [1.165, 1.54) is 0 Å². The number of piperidine rings is 1. The number of nitrogens with zero attached hydrogens (tertiary/aromatic N) is 8. The molecule has 0 aliphatic carbocycles. The predicted octanol–water partition coefficient (Wildman–Crippen LogP) is 3.34. The van der Waals surface area contributed by atoms with Crippen molar-refractivity contribution in [3.05, 3.63) is 71.0 Å². The van der Waals surface area contributed by atoms with Crippen LogP contribution in [0.15, 0.2) is 48.9 Å². The molecule has 0 radical (unpaired) electrons. The van der Waals surface area contributed by atoms with Crippen molar-refractivity contribution in [2.75, 3.05) is 57.4 Å². The van der Waals surface area contributed by atoms with Crippen LogP contribution >= 0.6 is 11.6 Å². The van der Waals surface area contributed by atoms with Crippen molar-refractivity contribution < 1.29 is 14.4 Å². The molecule has 0 bridgehead atoms. The van der Waals surface area contributed by atoms with Gasteiger partial charge in [-0.25, -0.2) is 14.6 Å². The molecule has 6 rings (SSSR count). The zero-order valence-electron chi connectivity index (χ0n) is 26.8. The highest BCUT2D eigenvalue weighted by atomic mass is 35.5. The summed E-state index contributed by atoms with van der Waals surface area (Å²) in [4.78, 5) is 54.3. The van der Waals surface area contributed by atoms with Gasteiger partial charge in [-0.05, 0) is 69.7 Å². The summed E-state index contributed by atoms with van der Waals surface area (Å²) in [6, 6.07) is 8.39. The summed E-state index contributed by atoms with van der Waals surface area (Å²) in [5, 5.41) is 7.75. The molecule has 2 saturated heterocycles. The lowest BCUT2D eigenvalue weighted by Crippen LogP contribution is -2.52. The van der Waals surface area contributed by atoms with Gasteiger partial charge in [0.1, 0.15) is 0 Å². The number of hydrogen-bond acceptors (Lipinski definition) is 8. The number of halogens is 1. The molecule has 0 atom stereocenters. The number of anilines is 2. The van der Waals surface area contributed by atoms with Crippen molar-refractivity contribution in [2.45, 2.75) is 26.2 Å². The quantitative estimate of drug-likeness (QED) is 0.307. The highest BCUT2D eigenvalue weighted by Gasteiger charge is 2.31. The maximum Gasteiger partial charge on any atom is 0.291 e. The van der Waals surface area contributed by atoms with Gasteiger partial charge < -0.3 is 30.3 Å². The summed E-state index contributed by atoms with van der Waals surface area (Å²) in [5.41, 5.74) is 9.51. The molecular formula is C33H39ClN10O3. The number of aromatic nitrogens is 5. The van der Waals surface area contributed by atoms with Gasteiger partial charge in [0.25, 0.3) is 11.8 Å². The van der Waals surface area contributed by atoms with Crippen LogP contribution in [0.25, 0.3) is 17.1 Å². The van der Waals surface area contributed by atoms with Crippen molar-refractivity contribution in [2.24, 2.45) is 13.0 Å². The van der Waals surface area contributed by atoms with E-state index in [1.807, 2.05) is 18.0 Å². The zero-order chi connectivity index (χ0) is 33.2. The summed E-state index contributed by atoms with van der Waals surface area (Å²) in [6.07, 6.45) is 7.50. The number of carbonyl (C=O) groups excluding carboxylic acids is 3. The van der Waals surface area contributed by atoms with E-state index in [-0.39, 0.29) is 28.6 Å². The Labute approximate surface area is 278 Å². The Morgan fingerprint density at radius 2 is 1.68 bits per heavy atom. The molecule has 0 spiro atoms. The van der Waals surface area contributed by atoms with Crippen molar-refractivity contribution in [1.29, 1.82) is 0 Å². The third kappa shape index (κ3) is 6.72.